The van der Waals surface area contributed by atoms with Crippen molar-refractivity contribution in [3.63, 3.8) is 0 Å². The highest BCUT2D eigenvalue weighted by atomic mass is 19.1. The molecule has 0 spiro atoms. The van der Waals surface area contributed by atoms with Crippen molar-refractivity contribution in [1.29, 1.82) is 0 Å². The predicted octanol–water partition coefficient (Wildman–Crippen LogP) is 0.693. The van der Waals surface area contributed by atoms with E-state index < -0.39 is 6.04 Å². The molecule has 2 unspecified atom stereocenters. The van der Waals surface area contributed by atoms with Gasteiger partial charge in [-0.3, -0.25) is 24.2 Å². The molecule has 7 heteroatoms. The van der Waals surface area contributed by atoms with Crippen LogP contribution in [-0.4, -0.2) is 53.2 Å². The maximum Gasteiger partial charge on any atom is 0.247 e. The molecule has 6 nitrogen and oxygen atoms in total. The van der Waals surface area contributed by atoms with E-state index in [0.29, 0.717) is 25.1 Å². The first-order valence-electron chi connectivity index (χ1n) is 8.58. The summed E-state index contributed by atoms with van der Waals surface area (Å²) in [4.78, 5) is 39.4. The van der Waals surface area contributed by atoms with E-state index in [1.165, 1.54) is 11.0 Å². The maximum atomic E-state index is 13.7. The van der Waals surface area contributed by atoms with Crippen LogP contribution in [-0.2, 0) is 20.8 Å². The molecule has 2 atom stereocenters. The Labute approximate surface area is 145 Å². The van der Waals surface area contributed by atoms with E-state index in [1.807, 2.05) is 4.90 Å². The van der Waals surface area contributed by atoms with Gasteiger partial charge in [0.25, 0.3) is 0 Å². The minimum absolute atomic E-state index is 0.113. The summed E-state index contributed by atoms with van der Waals surface area (Å²) in [5.41, 5.74) is 5.86. The van der Waals surface area contributed by atoms with Crippen LogP contribution in [0.1, 0.15) is 24.8 Å². The van der Waals surface area contributed by atoms with Crippen molar-refractivity contribution in [2.24, 2.45) is 11.7 Å². The first kappa shape index (κ1) is 17.5. The Morgan fingerprint density at radius 2 is 2.04 bits per heavy atom. The third kappa shape index (κ3) is 3.71. The average Bonchev–Trinajstić information content (AvgIpc) is 2.89. The van der Waals surface area contributed by atoms with Gasteiger partial charge in [-0.05, 0) is 37.4 Å². The van der Waals surface area contributed by atoms with E-state index in [1.54, 1.807) is 18.2 Å². The number of benzene rings is 1. The van der Waals surface area contributed by atoms with Crippen molar-refractivity contribution in [3.8, 4) is 0 Å². The second kappa shape index (κ2) is 7.31. The highest BCUT2D eigenvalue weighted by Gasteiger charge is 2.43. The number of hydrogen-bond acceptors (Lipinski definition) is 4. The molecule has 0 aromatic heterocycles. The minimum atomic E-state index is -0.532. The van der Waals surface area contributed by atoms with Crippen LogP contribution in [0.5, 0.6) is 0 Å². The summed E-state index contributed by atoms with van der Waals surface area (Å²) in [6, 6.07) is 5.82. The Bertz CT molecular complexity index is 694. The summed E-state index contributed by atoms with van der Waals surface area (Å²) < 4.78 is 13.7. The number of nitrogens with zero attached hydrogens (tertiary/aromatic N) is 2. The van der Waals surface area contributed by atoms with Gasteiger partial charge in [0, 0.05) is 13.1 Å². The smallest absolute Gasteiger partial charge is 0.247 e. The SMILES string of the molecule is NC(=O)C1CCCN(C2CC(=O)N(CCc3ccccc3F)C2=O)C1. The van der Waals surface area contributed by atoms with Crippen LogP contribution in [0.3, 0.4) is 0 Å². The highest BCUT2D eigenvalue weighted by molar-refractivity contribution is 6.05. The van der Waals surface area contributed by atoms with Gasteiger partial charge in [0.1, 0.15) is 5.82 Å². The minimum Gasteiger partial charge on any atom is -0.369 e. The molecule has 1 aromatic carbocycles. The normalized spacial score (nSPS) is 24.8. The van der Waals surface area contributed by atoms with Gasteiger partial charge in [0.15, 0.2) is 0 Å². The van der Waals surface area contributed by atoms with Crippen LogP contribution < -0.4 is 5.73 Å². The second-order valence-electron chi connectivity index (χ2n) is 6.68. The first-order valence-corrected chi connectivity index (χ1v) is 8.58. The fourth-order valence-corrected chi connectivity index (χ4v) is 3.64. The highest BCUT2D eigenvalue weighted by Crippen LogP contribution is 2.25. The summed E-state index contributed by atoms with van der Waals surface area (Å²) in [5.74, 6) is -1.47. The average molecular weight is 347 g/mol. The van der Waals surface area contributed by atoms with Crippen molar-refractivity contribution < 1.29 is 18.8 Å². The standard InChI is InChI=1S/C18H22FN3O3/c19-14-6-2-1-4-12(14)7-9-22-16(23)10-15(18(22)25)21-8-3-5-13(11-21)17(20)24/h1-2,4,6,13,15H,3,5,7-11H2,(H2,20,24). The lowest BCUT2D eigenvalue weighted by Crippen LogP contribution is -2.49. The van der Waals surface area contributed by atoms with E-state index in [0.717, 1.165) is 12.8 Å². The number of piperidine rings is 1. The number of primary amides is 1. The zero-order valence-electron chi connectivity index (χ0n) is 14.0. The van der Waals surface area contributed by atoms with E-state index >= 15 is 0 Å². The number of likely N-dealkylation sites (tertiary alicyclic amines) is 2. The number of imide groups is 1. The molecule has 3 rings (SSSR count). The molecule has 0 bridgehead atoms. The molecule has 3 amide bonds. The molecule has 1 aromatic rings. The maximum absolute atomic E-state index is 13.7. The molecule has 25 heavy (non-hydrogen) atoms. The van der Waals surface area contributed by atoms with Crippen LogP contribution in [0.15, 0.2) is 24.3 Å². The number of halogens is 1. The van der Waals surface area contributed by atoms with Gasteiger partial charge >= 0.3 is 0 Å². The molecule has 2 heterocycles. The molecule has 2 aliphatic heterocycles. The van der Waals surface area contributed by atoms with Gasteiger partial charge in [-0.2, -0.15) is 0 Å². The zero-order valence-corrected chi connectivity index (χ0v) is 14.0. The predicted molar refractivity (Wildman–Crippen MR) is 88.7 cm³/mol. The summed E-state index contributed by atoms with van der Waals surface area (Å²) in [6.07, 6.45) is 1.90. The third-order valence-corrected chi connectivity index (χ3v) is 5.08. The van der Waals surface area contributed by atoms with Crippen LogP contribution in [0.25, 0.3) is 0 Å². The third-order valence-electron chi connectivity index (χ3n) is 5.08. The van der Waals surface area contributed by atoms with E-state index in [4.69, 9.17) is 5.73 Å². The number of amides is 3. The number of hydrogen-bond donors (Lipinski definition) is 1. The van der Waals surface area contributed by atoms with Crippen LogP contribution in [0.2, 0.25) is 0 Å². The van der Waals surface area contributed by atoms with Crippen molar-refractivity contribution in [3.05, 3.63) is 35.6 Å². The molecular weight excluding hydrogens is 325 g/mol. The largest absolute Gasteiger partial charge is 0.369 e. The Morgan fingerprint density at radius 1 is 1.28 bits per heavy atom. The Kier molecular flexibility index (Phi) is 5.13. The molecule has 2 aliphatic rings. The van der Waals surface area contributed by atoms with Gasteiger partial charge in [-0.15, -0.1) is 0 Å². The second-order valence-corrected chi connectivity index (χ2v) is 6.68. The molecule has 0 saturated carbocycles. The topological polar surface area (TPSA) is 83.7 Å². The monoisotopic (exact) mass is 347 g/mol. The Hall–Kier alpha value is -2.28. The van der Waals surface area contributed by atoms with E-state index in [2.05, 4.69) is 0 Å². The van der Waals surface area contributed by atoms with Gasteiger partial charge in [-0.25, -0.2) is 4.39 Å². The van der Waals surface area contributed by atoms with Gasteiger partial charge in [0.2, 0.25) is 17.7 Å². The summed E-state index contributed by atoms with van der Waals surface area (Å²) in [7, 11) is 0. The van der Waals surface area contributed by atoms with Gasteiger partial charge < -0.3 is 5.73 Å². The molecule has 2 fully saturated rings. The summed E-state index contributed by atoms with van der Waals surface area (Å²) >= 11 is 0. The van der Waals surface area contributed by atoms with E-state index in [9.17, 15) is 18.8 Å². The number of nitrogens with two attached hydrogens (primary N) is 1. The van der Waals surface area contributed by atoms with Crippen molar-refractivity contribution in [2.45, 2.75) is 31.7 Å². The number of carbonyl (C=O) groups is 3. The van der Waals surface area contributed by atoms with Gasteiger partial charge in [-0.1, -0.05) is 18.2 Å². The quantitative estimate of drug-likeness (QED) is 0.795. The number of rotatable bonds is 5. The lowest BCUT2D eigenvalue weighted by atomic mass is 9.96. The fourth-order valence-electron chi connectivity index (χ4n) is 3.64. The number of carbonyl (C=O) groups excluding carboxylic acids is 3. The molecule has 2 N–H and O–H groups in total. The molecule has 134 valence electrons. The van der Waals surface area contributed by atoms with Gasteiger partial charge in [0.05, 0.1) is 18.4 Å². The molecule has 2 saturated heterocycles. The fraction of sp³-hybridized carbons (Fsp3) is 0.500. The van der Waals surface area contributed by atoms with Crippen molar-refractivity contribution in [1.82, 2.24) is 9.80 Å². The Morgan fingerprint density at radius 3 is 2.76 bits per heavy atom. The van der Waals surface area contributed by atoms with E-state index in [-0.39, 0.29) is 42.4 Å². The zero-order chi connectivity index (χ0) is 18.0. The first-order chi connectivity index (χ1) is 12.0. The lowest BCUT2D eigenvalue weighted by Gasteiger charge is -2.34. The Balaban J connectivity index is 1.64. The van der Waals surface area contributed by atoms with Crippen molar-refractivity contribution in [2.75, 3.05) is 19.6 Å². The van der Waals surface area contributed by atoms with Crippen LogP contribution in [0, 0.1) is 11.7 Å². The van der Waals surface area contributed by atoms with Crippen molar-refractivity contribution >= 4 is 17.7 Å². The molecular formula is C18H22FN3O3. The van der Waals surface area contributed by atoms with Crippen LogP contribution in [0.4, 0.5) is 4.39 Å². The molecule has 0 aliphatic carbocycles. The summed E-state index contributed by atoms with van der Waals surface area (Å²) in [6.45, 7) is 1.26. The lowest BCUT2D eigenvalue weighted by molar-refractivity contribution is -0.140. The molecule has 0 radical (unpaired) electrons. The van der Waals surface area contributed by atoms with Crippen LogP contribution >= 0.6 is 0 Å². The summed E-state index contributed by atoms with van der Waals surface area (Å²) in [5, 5.41) is 0.